The van der Waals surface area contributed by atoms with E-state index >= 15 is 0 Å². The van der Waals surface area contributed by atoms with Crippen LogP contribution in [0.2, 0.25) is 5.02 Å². The van der Waals surface area contributed by atoms with E-state index < -0.39 is 6.04 Å². The fraction of sp³-hybridized carbons (Fsp3) is 0.533. The first-order valence-electron chi connectivity index (χ1n) is 6.83. The smallest absolute Gasteiger partial charge is 0.236 e. The molecule has 0 spiro atoms. The Labute approximate surface area is 131 Å². The van der Waals surface area contributed by atoms with Crippen molar-refractivity contribution < 1.29 is 4.79 Å². The molecule has 1 aliphatic rings. The SMILES string of the molecule is C[C@@H](N)C(=O)NCC1(c2ccc(Cl)cc2)CCCC1.Cl. The molecule has 1 atom stereocenters. The fourth-order valence-corrected chi connectivity index (χ4v) is 2.97. The van der Waals surface area contributed by atoms with Gasteiger partial charge in [-0.2, -0.15) is 0 Å². The number of amides is 1. The van der Waals surface area contributed by atoms with E-state index in [1.807, 2.05) is 12.1 Å². The zero-order valence-corrected chi connectivity index (χ0v) is 13.3. The standard InChI is InChI=1S/C15H21ClN2O.ClH/c1-11(17)14(19)18-10-15(8-2-3-9-15)12-4-6-13(16)7-5-12;/h4-7,11H,2-3,8-10,17H2,1H3,(H,18,19);1H/t11-;/m1./s1. The zero-order valence-electron chi connectivity index (χ0n) is 11.7. The van der Waals surface area contributed by atoms with Gasteiger partial charge in [0.05, 0.1) is 6.04 Å². The van der Waals surface area contributed by atoms with E-state index in [-0.39, 0.29) is 23.7 Å². The van der Waals surface area contributed by atoms with Crippen molar-refractivity contribution in [2.24, 2.45) is 5.73 Å². The second kappa shape index (κ2) is 7.30. The normalized spacial score (nSPS) is 18.1. The molecule has 1 aromatic rings. The van der Waals surface area contributed by atoms with E-state index in [9.17, 15) is 4.79 Å². The number of hydrogen-bond donors (Lipinski definition) is 2. The molecule has 0 aliphatic heterocycles. The van der Waals surface area contributed by atoms with E-state index in [1.54, 1.807) is 6.92 Å². The predicted octanol–water partition coefficient (Wildman–Crippen LogP) is 3.04. The molecule has 2 rings (SSSR count). The molecule has 0 bridgehead atoms. The summed E-state index contributed by atoms with van der Waals surface area (Å²) in [6.07, 6.45) is 4.62. The van der Waals surface area contributed by atoms with Crippen LogP contribution in [0.15, 0.2) is 24.3 Å². The Hall–Kier alpha value is -0.770. The summed E-state index contributed by atoms with van der Waals surface area (Å²) in [5.74, 6) is -0.0831. The first-order valence-corrected chi connectivity index (χ1v) is 7.21. The van der Waals surface area contributed by atoms with Gasteiger partial charge in [-0.1, -0.05) is 36.6 Å². The first-order chi connectivity index (χ1) is 9.03. The lowest BCUT2D eigenvalue weighted by Gasteiger charge is -2.30. The molecule has 0 saturated heterocycles. The van der Waals surface area contributed by atoms with Crippen LogP contribution in [-0.4, -0.2) is 18.5 Å². The summed E-state index contributed by atoms with van der Waals surface area (Å²) in [5.41, 5.74) is 6.91. The van der Waals surface area contributed by atoms with Crippen LogP contribution >= 0.6 is 24.0 Å². The second-order valence-corrected chi connectivity index (χ2v) is 5.94. The van der Waals surface area contributed by atoms with Gasteiger partial charge in [0.2, 0.25) is 5.91 Å². The highest BCUT2D eigenvalue weighted by Gasteiger charge is 2.35. The molecule has 1 amide bonds. The Balaban J connectivity index is 0.00000200. The maximum Gasteiger partial charge on any atom is 0.236 e. The van der Waals surface area contributed by atoms with Crippen molar-refractivity contribution >= 4 is 29.9 Å². The lowest BCUT2D eigenvalue weighted by molar-refractivity contribution is -0.122. The highest BCUT2D eigenvalue weighted by atomic mass is 35.5. The number of halogens is 2. The monoisotopic (exact) mass is 316 g/mol. The van der Waals surface area contributed by atoms with Gasteiger partial charge >= 0.3 is 0 Å². The van der Waals surface area contributed by atoms with Gasteiger partial charge < -0.3 is 11.1 Å². The minimum Gasteiger partial charge on any atom is -0.354 e. The third-order valence-electron chi connectivity index (χ3n) is 4.03. The van der Waals surface area contributed by atoms with Crippen LogP contribution in [-0.2, 0) is 10.2 Å². The maximum absolute atomic E-state index is 11.7. The third kappa shape index (κ3) is 3.87. The molecule has 5 heteroatoms. The third-order valence-corrected chi connectivity index (χ3v) is 4.28. The minimum absolute atomic E-state index is 0. The highest BCUT2D eigenvalue weighted by molar-refractivity contribution is 6.30. The first kappa shape index (κ1) is 17.3. The molecule has 1 saturated carbocycles. The molecule has 0 radical (unpaired) electrons. The largest absolute Gasteiger partial charge is 0.354 e. The van der Waals surface area contributed by atoms with Crippen LogP contribution < -0.4 is 11.1 Å². The minimum atomic E-state index is -0.455. The number of hydrogen-bond acceptors (Lipinski definition) is 2. The van der Waals surface area contributed by atoms with Gasteiger partial charge in [-0.15, -0.1) is 12.4 Å². The molecule has 0 unspecified atom stereocenters. The van der Waals surface area contributed by atoms with Crippen LogP contribution in [0.3, 0.4) is 0 Å². The van der Waals surface area contributed by atoms with Gasteiger partial charge in [-0.25, -0.2) is 0 Å². The molecule has 0 aromatic heterocycles. The number of nitrogens with one attached hydrogen (secondary N) is 1. The number of carbonyl (C=O) groups excluding carboxylic acids is 1. The summed E-state index contributed by atoms with van der Waals surface area (Å²) in [4.78, 5) is 11.7. The molecular formula is C15H22Cl2N2O. The molecule has 1 aliphatic carbocycles. The highest BCUT2D eigenvalue weighted by Crippen LogP contribution is 2.40. The van der Waals surface area contributed by atoms with Gasteiger partial charge in [0, 0.05) is 17.0 Å². The van der Waals surface area contributed by atoms with E-state index in [1.165, 1.54) is 18.4 Å². The Bertz CT molecular complexity index is 440. The van der Waals surface area contributed by atoms with Crippen molar-refractivity contribution in [3.8, 4) is 0 Å². The molecule has 3 N–H and O–H groups in total. The maximum atomic E-state index is 11.7. The van der Waals surface area contributed by atoms with Crippen molar-refractivity contribution in [1.29, 1.82) is 0 Å². The van der Waals surface area contributed by atoms with E-state index in [0.29, 0.717) is 6.54 Å². The molecule has 1 aromatic carbocycles. The summed E-state index contributed by atoms with van der Waals surface area (Å²) >= 11 is 5.95. The van der Waals surface area contributed by atoms with Crippen LogP contribution in [0.4, 0.5) is 0 Å². The number of nitrogens with two attached hydrogens (primary N) is 1. The number of carbonyl (C=O) groups is 1. The Morgan fingerprint density at radius 1 is 1.35 bits per heavy atom. The molecule has 0 heterocycles. The van der Waals surface area contributed by atoms with Gasteiger partial charge in [0.25, 0.3) is 0 Å². The van der Waals surface area contributed by atoms with Crippen molar-refractivity contribution in [3.63, 3.8) is 0 Å². The number of benzene rings is 1. The summed E-state index contributed by atoms with van der Waals surface area (Å²) < 4.78 is 0. The lowest BCUT2D eigenvalue weighted by Crippen LogP contribution is -2.45. The molecular weight excluding hydrogens is 295 g/mol. The Morgan fingerprint density at radius 2 is 1.90 bits per heavy atom. The van der Waals surface area contributed by atoms with Crippen molar-refractivity contribution in [3.05, 3.63) is 34.9 Å². The van der Waals surface area contributed by atoms with Gasteiger partial charge in [0.15, 0.2) is 0 Å². The van der Waals surface area contributed by atoms with E-state index in [4.69, 9.17) is 17.3 Å². The molecule has 1 fully saturated rings. The molecule has 112 valence electrons. The van der Waals surface area contributed by atoms with Crippen LogP contribution in [0.1, 0.15) is 38.2 Å². The van der Waals surface area contributed by atoms with Gasteiger partial charge in [-0.3, -0.25) is 4.79 Å². The summed E-state index contributed by atoms with van der Waals surface area (Å²) in [5, 5.41) is 3.73. The van der Waals surface area contributed by atoms with Gasteiger partial charge in [0.1, 0.15) is 0 Å². The summed E-state index contributed by atoms with van der Waals surface area (Å²) in [6, 6.07) is 7.54. The molecule has 20 heavy (non-hydrogen) atoms. The van der Waals surface area contributed by atoms with Crippen LogP contribution in [0.25, 0.3) is 0 Å². The van der Waals surface area contributed by atoms with Crippen LogP contribution in [0.5, 0.6) is 0 Å². The van der Waals surface area contributed by atoms with Crippen molar-refractivity contribution in [2.45, 2.75) is 44.1 Å². The summed E-state index contributed by atoms with van der Waals surface area (Å²) in [7, 11) is 0. The fourth-order valence-electron chi connectivity index (χ4n) is 2.84. The Kier molecular flexibility index (Phi) is 6.31. The predicted molar refractivity (Wildman–Crippen MR) is 85.5 cm³/mol. The van der Waals surface area contributed by atoms with E-state index in [0.717, 1.165) is 17.9 Å². The molecule has 3 nitrogen and oxygen atoms in total. The quantitative estimate of drug-likeness (QED) is 0.897. The lowest BCUT2D eigenvalue weighted by atomic mass is 9.79. The van der Waals surface area contributed by atoms with Crippen molar-refractivity contribution in [2.75, 3.05) is 6.54 Å². The van der Waals surface area contributed by atoms with Crippen molar-refractivity contribution in [1.82, 2.24) is 5.32 Å². The average Bonchev–Trinajstić information content (AvgIpc) is 2.86. The second-order valence-electron chi connectivity index (χ2n) is 5.50. The average molecular weight is 317 g/mol. The van der Waals surface area contributed by atoms with Gasteiger partial charge in [-0.05, 0) is 37.5 Å². The van der Waals surface area contributed by atoms with E-state index in [2.05, 4.69) is 17.4 Å². The topological polar surface area (TPSA) is 55.1 Å². The summed E-state index contributed by atoms with van der Waals surface area (Å²) in [6.45, 7) is 2.37. The van der Waals surface area contributed by atoms with Crippen LogP contribution in [0, 0.1) is 0 Å². The zero-order chi connectivity index (χ0) is 13.9. The number of rotatable bonds is 4. The Morgan fingerprint density at radius 3 is 2.40 bits per heavy atom.